The van der Waals surface area contributed by atoms with Crippen molar-refractivity contribution >= 4 is 22.8 Å². The van der Waals surface area contributed by atoms with Gasteiger partial charge in [-0.1, -0.05) is 18.2 Å². The Balaban J connectivity index is 1.64. The minimum atomic E-state index is -0.362. The molecule has 124 valence electrons. The van der Waals surface area contributed by atoms with Crippen LogP contribution in [0.25, 0.3) is 10.9 Å². The van der Waals surface area contributed by atoms with E-state index in [1.165, 1.54) is 7.11 Å². The van der Waals surface area contributed by atoms with Crippen LogP contribution in [-0.4, -0.2) is 35.4 Å². The van der Waals surface area contributed by atoms with Crippen molar-refractivity contribution in [2.45, 2.75) is 6.54 Å². The van der Waals surface area contributed by atoms with E-state index in [1.54, 1.807) is 19.4 Å². The first kappa shape index (κ1) is 15.6. The maximum atomic E-state index is 12.0. The summed E-state index contributed by atoms with van der Waals surface area (Å²) in [5.41, 5.74) is 1.61. The zero-order valence-corrected chi connectivity index (χ0v) is 13.3. The minimum absolute atomic E-state index is 0.343. The van der Waals surface area contributed by atoms with Crippen LogP contribution in [0.4, 0.5) is 10.6 Å². The molecular formula is C16H17N5O3. The molecule has 0 unspecified atom stereocenters. The van der Waals surface area contributed by atoms with Crippen molar-refractivity contribution in [2.24, 2.45) is 0 Å². The third-order valence-corrected chi connectivity index (χ3v) is 3.48. The maximum Gasteiger partial charge on any atom is 0.320 e. The van der Waals surface area contributed by atoms with Gasteiger partial charge < -0.3 is 14.8 Å². The highest BCUT2D eigenvalue weighted by Gasteiger charge is 2.09. The number of hydrogen-bond donors (Lipinski definition) is 3. The zero-order valence-electron chi connectivity index (χ0n) is 13.3. The summed E-state index contributed by atoms with van der Waals surface area (Å²) in [6.07, 6.45) is 1.59. The Kier molecular flexibility index (Phi) is 4.46. The molecule has 1 aromatic carbocycles. The van der Waals surface area contributed by atoms with E-state index in [0.717, 1.165) is 22.2 Å². The topological polar surface area (TPSA) is 101 Å². The quantitative estimate of drug-likeness (QED) is 0.667. The van der Waals surface area contributed by atoms with Crippen LogP contribution in [0.5, 0.6) is 11.6 Å². The van der Waals surface area contributed by atoms with E-state index in [1.807, 2.05) is 24.3 Å². The fourth-order valence-corrected chi connectivity index (χ4v) is 2.30. The second kappa shape index (κ2) is 6.86. The van der Waals surface area contributed by atoms with Gasteiger partial charge in [-0.3, -0.25) is 10.4 Å². The highest BCUT2D eigenvalue weighted by Crippen LogP contribution is 2.23. The number of urea groups is 1. The summed E-state index contributed by atoms with van der Waals surface area (Å²) in [5, 5.41) is 13.0. The van der Waals surface area contributed by atoms with Gasteiger partial charge in [-0.15, -0.1) is 5.10 Å². The number of hydrogen-bond acceptors (Lipinski definition) is 5. The summed E-state index contributed by atoms with van der Waals surface area (Å²) in [7, 11) is 3.13. The molecule has 2 heterocycles. The van der Waals surface area contributed by atoms with Crippen molar-refractivity contribution in [2.75, 3.05) is 19.5 Å². The number of carbonyl (C=O) groups is 1. The number of methoxy groups -OCH3 is 2. The van der Waals surface area contributed by atoms with Gasteiger partial charge in [0.1, 0.15) is 11.6 Å². The average molecular weight is 327 g/mol. The molecule has 0 aliphatic heterocycles. The zero-order chi connectivity index (χ0) is 16.9. The number of H-pyrrole nitrogens is 1. The summed E-state index contributed by atoms with van der Waals surface area (Å²) in [6, 6.07) is 8.82. The Hall–Kier alpha value is -3.29. The minimum Gasteiger partial charge on any atom is -0.496 e. The normalized spacial score (nSPS) is 10.4. The number of fused-ring (bicyclic) bond motifs is 1. The number of anilines is 1. The van der Waals surface area contributed by atoms with Crippen molar-refractivity contribution < 1.29 is 14.3 Å². The van der Waals surface area contributed by atoms with E-state index in [2.05, 4.69) is 25.8 Å². The van der Waals surface area contributed by atoms with E-state index in [4.69, 9.17) is 9.47 Å². The lowest BCUT2D eigenvalue weighted by Crippen LogP contribution is -2.28. The van der Waals surface area contributed by atoms with Crippen molar-refractivity contribution in [3.05, 3.63) is 42.1 Å². The number of ether oxygens (including phenoxy) is 2. The maximum absolute atomic E-state index is 12.0. The summed E-state index contributed by atoms with van der Waals surface area (Å²) >= 11 is 0. The highest BCUT2D eigenvalue weighted by molar-refractivity contribution is 5.91. The molecule has 2 aromatic heterocycles. The van der Waals surface area contributed by atoms with Crippen LogP contribution >= 0.6 is 0 Å². The predicted octanol–water partition coefficient (Wildman–Crippen LogP) is 2.30. The first-order chi connectivity index (χ1) is 11.7. The Morgan fingerprint density at radius 1 is 1.25 bits per heavy atom. The van der Waals surface area contributed by atoms with Crippen LogP contribution in [-0.2, 0) is 6.54 Å². The average Bonchev–Trinajstić information content (AvgIpc) is 3.02. The van der Waals surface area contributed by atoms with Crippen LogP contribution in [0.1, 0.15) is 5.56 Å². The van der Waals surface area contributed by atoms with Gasteiger partial charge in [-0.05, 0) is 6.07 Å². The molecule has 0 aliphatic rings. The van der Waals surface area contributed by atoms with Gasteiger partial charge >= 0.3 is 6.03 Å². The summed E-state index contributed by atoms with van der Waals surface area (Å²) in [6.45, 7) is 0.343. The Morgan fingerprint density at radius 3 is 2.88 bits per heavy atom. The van der Waals surface area contributed by atoms with Gasteiger partial charge in [0.15, 0.2) is 0 Å². The number of aromatic nitrogens is 3. The molecule has 3 N–H and O–H groups in total. The number of para-hydroxylation sites is 1. The van der Waals surface area contributed by atoms with E-state index < -0.39 is 0 Å². The summed E-state index contributed by atoms with van der Waals surface area (Å²) in [4.78, 5) is 16.2. The lowest BCUT2D eigenvalue weighted by atomic mass is 10.2. The lowest BCUT2D eigenvalue weighted by molar-refractivity contribution is 0.251. The van der Waals surface area contributed by atoms with Gasteiger partial charge in [0.2, 0.25) is 5.88 Å². The predicted molar refractivity (Wildman–Crippen MR) is 89.3 cm³/mol. The molecule has 0 bridgehead atoms. The smallest absolute Gasteiger partial charge is 0.320 e. The number of nitrogens with zero attached hydrogens (tertiary/aromatic N) is 2. The fourth-order valence-electron chi connectivity index (χ4n) is 2.30. The van der Waals surface area contributed by atoms with Gasteiger partial charge in [0, 0.05) is 24.4 Å². The molecule has 0 aliphatic carbocycles. The molecular weight excluding hydrogens is 310 g/mol. The molecule has 3 aromatic rings. The molecule has 0 saturated carbocycles. The molecule has 3 rings (SSSR count). The second-order valence-electron chi connectivity index (χ2n) is 4.97. The molecule has 0 radical (unpaired) electrons. The van der Waals surface area contributed by atoms with Crippen molar-refractivity contribution in [1.29, 1.82) is 0 Å². The van der Waals surface area contributed by atoms with Crippen molar-refractivity contribution in [1.82, 2.24) is 20.5 Å². The molecule has 8 heteroatoms. The van der Waals surface area contributed by atoms with Crippen LogP contribution in [0.3, 0.4) is 0 Å². The number of aromatic amines is 1. The van der Waals surface area contributed by atoms with E-state index in [-0.39, 0.29) is 6.03 Å². The number of amides is 2. The number of pyridine rings is 1. The van der Waals surface area contributed by atoms with E-state index in [9.17, 15) is 4.79 Å². The Morgan fingerprint density at radius 2 is 2.08 bits per heavy atom. The first-order valence-corrected chi connectivity index (χ1v) is 7.26. The molecule has 8 nitrogen and oxygen atoms in total. The SMILES string of the molecule is COc1ccccc1CNC(=O)Nc1cc2[nH]nc(OC)c2cn1. The largest absolute Gasteiger partial charge is 0.496 e. The van der Waals surface area contributed by atoms with Gasteiger partial charge in [0.25, 0.3) is 0 Å². The fraction of sp³-hybridized carbons (Fsp3) is 0.188. The van der Waals surface area contributed by atoms with Crippen molar-refractivity contribution in [3.8, 4) is 11.6 Å². The van der Waals surface area contributed by atoms with Gasteiger partial charge in [-0.25, -0.2) is 9.78 Å². The number of carbonyl (C=O) groups excluding carboxylic acids is 1. The number of benzene rings is 1. The van der Waals surface area contributed by atoms with E-state index >= 15 is 0 Å². The van der Waals surface area contributed by atoms with Gasteiger partial charge in [-0.2, -0.15) is 0 Å². The molecule has 0 spiro atoms. The highest BCUT2D eigenvalue weighted by atomic mass is 16.5. The second-order valence-corrected chi connectivity index (χ2v) is 4.97. The number of rotatable bonds is 5. The Labute approximate surface area is 138 Å². The molecule has 24 heavy (non-hydrogen) atoms. The Bertz CT molecular complexity index is 862. The third-order valence-electron chi connectivity index (χ3n) is 3.48. The summed E-state index contributed by atoms with van der Waals surface area (Å²) < 4.78 is 10.4. The third kappa shape index (κ3) is 3.22. The van der Waals surface area contributed by atoms with E-state index in [0.29, 0.717) is 18.2 Å². The van der Waals surface area contributed by atoms with Crippen LogP contribution < -0.4 is 20.1 Å². The van der Waals surface area contributed by atoms with Crippen LogP contribution in [0.15, 0.2) is 36.5 Å². The van der Waals surface area contributed by atoms with Crippen molar-refractivity contribution in [3.63, 3.8) is 0 Å². The van der Waals surface area contributed by atoms with Crippen LogP contribution in [0.2, 0.25) is 0 Å². The standard InChI is InChI=1S/C16H17N5O3/c1-23-13-6-4-3-5-10(13)8-18-16(22)19-14-7-12-11(9-17-14)15(24-2)21-20-12/h3-7,9H,8H2,1-2H3,(H,20,21)(H2,17,18,19,22). The number of nitrogens with one attached hydrogen (secondary N) is 3. The van der Waals surface area contributed by atoms with Crippen LogP contribution in [0, 0.1) is 0 Å². The molecule has 2 amide bonds. The van der Waals surface area contributed by atoms with Gasteiger partial charge in [0.05, 0.1) is 25.1 Å². The lowest BCUT2D eigenvalue weighted by Gasteiger charge is -2.10. The molecule has 0 saturated heterocycles. The molecule has 0 fully saturated rings. The summed E-state index contributed by atoms with van der Waals surface area (Å²) in [5.74, 6) is 1.60. The first-order valence-electron chi connectivity index (χ1n) is 7.26. The molecule has 0 atom stereocenters. The monoisotopic (exact) mass is 327 g/mol.